The molecule has 0 fully saturated rings. The smallest absolute Gasteiger partial charge is 0.266 e. The average Bonchev–Trinajstić information content (AvgIpc) is 2.71. The molecular formula is C21H16N2O3S. The zero-order chi connectivity index (χ0) is 18.9. The number of carbonyl (C=O) groups excluding carboxylic acids is 1. The molecule has 0 aliphatic heterocycles. The summed E-state index contributed by atoms with van der Waals surface area (Å²) >= 11 is 0. The molecule has 0 bridgehead atoms. The maximum atomic E-state index is 12.5. The van der Waals surface area contributed by atoms with Gasteiger partial charge in [0.25, 0.3) is 15.9 Å². The largest absolute Gasteiger partial charge is 0.273 e. The summed E-state index contributed by atoms with van der Waals surface area (Å²) in [5.74, 6) is -0.523. The first-order valence-electron chi connectivity index (χ1n) is 8.33. The lowest BCUT2D eigenvalue weighted by atomic mass is 10.1. The number of hydrazine groups is 1. The fourth-order valence-corrected chi connectivity index (χ4v) is 3.78. The van der Waals surface area contributed by atoms with Gasteiger partial charge in [0.2, 0.25) is 0 Å². The Morgan fingerprint density at radius 2 is 1.22 bits per heavy atom. The molecule has 0 radical (unpaired) electrons. The monoisotopic (exact) mass is 376 g/mol. The van der Waals surface area contributed by atoms with Crippen molar-refractivity contribution in [3.05, 3.63) is 90.5 Å². The molecule has 0 aromatic heterocycles. The third-order valence-corrected chi connectivity index (χ3v) is 5.59. The minimum absolute atomic E-state index is 0.0833. The Bertz CT molecular complexity index is 1270. The quantitative estimate of drug-likeness (QED) is 0.534. The summed E-state index contributed by atoms with van der Waals surface area (Å²) in [6, 6.07) is 25.1. The van der Waals surface area contributed by atoms with Crippen molar-refractivity contribution in [2.75, 3.05) is 0 Å². The molecule has 0 spiro atoms. The number of sulfonamides is 1. The molecule has 6 heteroatoms. The Balaban J connectivity index is 1.54. The van der Waals surface area contributed by atoms with E-state index in [1.54, 1.807) is 24.3 Å². The van der Waals surface area contributed by atoms with Gasteiger partial charge in [-0.2, -0.15) is 0 Å². The molecule has 27 heavy (non-hydrogen) atoms. The van der Waals surface area contributed by atoms with Gasteiger partial charge < -0.3 is 0 Å². The lowest BCUT2D eigenvalue weighted by molar-refractivity contribution is 0.0945. The van der Waals surface area contributed by atoms with E-state index in [9.17, 15) is 13.2 Å². The van der Waals surface area contributed by atoms with Crippen LogP contribution >= 0.6 is 0 Å². The molecule has 2 N–H and O–H groups in total. The Kier molecular flexibility index (Phi) is 4.35. The molecule has 0 unspecified atom stereocenters. The van der Waals surface area contributed by atoms with Gasteiger partial charge in [-0.25, -0.2) is 8.42 Å². The van der Waals surface area contributed by atoms with Crippen LogP contribution in [0.1, 0.15) is 10.4 Å². The maximum absolute atomic E-state index is 12.5. The molecule has 0 atom stereocenters. The topological polar surface area (TPSA) is 75.3 Å². The summed E-state index contributed by atoms with van der Waals surface area (Å²) in [7, 11) is -3.88. The van der Waals surface area contributed by atoms with Gasteiger partial charge in [0.1, 0.15) is 0 Å². The number of nitrogens with one attached hydrogen (secondary N) is 2. The Labute approximate surface area is 156 Å². The van der Waals surface area contributed by atoms with E-state index in [1.165, 1.54) is 6.07 Å². The predicted octanol–water partition coefficient (Wildman–Crippen LogP) is 3.62. The summed E-state index contributed by atoms with van der Waals surface area (Å²) in [4.78, 5) is 14.6. The second-order valence-corrected chi connectivity index (χ2v) is 7.81. The standard InChI is InChI=1S/C21H16N2O3S/c24-21(19-10-9-15-5-1-3-7-17(15)13-19)22-23-27(25,26)20-12-11-16-6-2-4-8-18(16)14-20/h1-14,23H,(H,22,24). The molecule has 0 heterocycles. The number of hydrogen-bond donors (Lipinski definition) is 2. The predicted molar refractivity (Wildman–Crippen MR) is 106 cm³/mol. The molecule has 0 saturated heterocycles. The van der Waals surface area contributed by atoms with Crippen molar-refractivity contribution in [3.8, 4) is 0 Å². The van der Waals surface area contributed by atoms with Crippen LogP contribution in [-0.4, -0.2) is 14.3 Å². The molecular weight excluding hydrogens is 360 g/mol. The van der Waals surface area contributed by atoms with Gasteiger partial charge in [-0.3, -0.25) is 10.2 Å². The minimum atomic E-state index is -3.88. The SMILES string of the molecule is O=C(NNS(=O)(=O)c1ccc2ccccc2c1)c1ccc2ccccc2c1. The van der Waals surface area contributed by atoms with Gasteiger partial charge in [0.05, 0.1) is 4.90 Å². The zero-order valence-corrected chi connectivity index (χ0v) is 15.0. The van der Waals surface area contributed by atoms with Crippen LogP contribution in [0.3, 0.4) is 0 Å². The van der Waals surface area contributed by atoms with Gasteiger partial charge in [-0.1, -0.05) is 60.7 Å². The highest BCUT2D eigenvalue weighted by molar-refractivity contribution is 7.89. The molecule has 0 saturated carbocycles. The van der Waals surface area contributed by atoms with Crippen molar-refractivity contribution in [1.82, 2.24) is 10.3 Å². The first kappa shape index (κ1) is 17.2. The molecule has 1 amide bonds. The van der Waals surface area contributed by atoms with Crippen LogP contribution in [0, 0.1) is 0 Å². The number of rotatable bonds is 4. The van der Waals surface area contributed by atoms with Crippen molar-refractivity contribution in [2.24, 2.45) is 0 Å². The molecule has 4 rings (SSSR count). The van der Waals surface area contributed by atoms with E-state index >= 15 is 0 Å². The number of benzene rings is 4. The summed E-state index contributed by atoms with van der Waals surface area (Å²) in [6.45, 7) is 0. The van der Waals surface area contributed by atoms with Gasteiger partial charge in [0, 0.05) is 5.56 Å². The van der Waals surface area contributed by atoms with Crippen LogP contribution in [0.2, 0.25) is 0 Å². The van der Waals surface area contributed by atoms with Crippen molar-refractivity contribution in [2.45, 2.75) is 4.90 Å². The highest BCUT2D eigenvalue weighted by atomic mass is 32.2. The third kappa shape index (κ3) is 3.53. The van der Waals surface area contributed by atoms with E-state index < -0.39 is 15.9 Å². The fraction of sp³-hybridized carbons (Fsp3) is 0. The van der Waals surface area contributed by atoms with E-state index in [1.807, 2.05) is 54.6 Å². The van der Waals surface area contributed by atoms with Crippen LogP contribution < -0.4 is 10.3 Å². The third-order valence-electron chi connectivity index (χ3n) is 4.34. The van der Waals surface area contributed by atoms with E-state index in [4.69, 9.17) is 0 Å². The molecule has 4 aromatic carbocycles. The molecule has 5 nitrogen and oxygen atoms in total. The molecule has 0 aliphatic carbocycles. The number of carbonyl (C=O) groups is 1. The molecule has 4 aromatic rings. The highest BCUT2D eigenvalue weighted by Gasteiger charge is 2.16. The van der Waals surface area contributed by atoms with Crippen molar-refractivity contribution in [1.29, 1.82) is 0 Å². The Morgan fingerprint density at radius 3 is 1.89 bits per heavy atom. The Morgan fingerprint density at radius 1 is 0.667 bits per heavy atom. The van der Waals surface area contributed by atoms with E-state index in [0.29, 0.717) is 5.56 Å². The lowest BCUT2D eigenvalue weighted by Gasteiger charge is -2.10. The normalized spacial score (nSPS) is 11.6. The fourth-order valence-electron chi connectivity index (χ4n) is 2.91. The van der Waals surface area contributed by atoms with Crippen LogP contribution in [0.5, 0.6) is 0 Å². The number of fused-ring (bicyclic) bond motifs is 2. The Hall–Kier alpha value is -3.22. The second-order valence-electron chi connectivity index (χ2n) is 6.13. The van der Waals surface area contributed by atoms with Crippen LogP contribution in [0.25, 0.3) is 21.5 Å². The number of hydrogen-bond acceptors (Lipinski definition) is 3. The highest BCUT2D eigenvalue weighted by Crippen LogP contribution is 2.19. The van der Waals surface area contributed by atoms with Gasteiger partial charge in [-0.05, 0) is 45.8 Å². The summed E-state index contributed by atoms with van der Waals surface area (Å²) < 4.78 is 25.0. The maximum Gasteiger partial charge on any atom is 0.266 e. The first-order chi connectivity index (χ1) is 13.0. The minimum Gasteiger partial charge on any atom is -0.273 e. The van der Waals surface area contributed by atoms with Crippen LogP contribution in [-0.2, 0) is 10.0 Å². The van der Waals surface area contributed by atoms with Crippen molar-refractivity contribution >= 4 is 37.5 Å². The van der Waals surface area contributed by atoms with Crippen molar-refractivity contribution in [3.63, 3.8) is 0 Å². The van der Waals surface area contributed by atoms with Crippen molar-refractivity contribution < 1.29 is 13.2 Å². The van der Waals surface area contributed by atoms with E-state index in [0.717, 1.165) is 21.5 Å². The molecule has 0 aliphatic rings. The van der Waals surface area contributed by atoms with E-state index in [-0.39, 0.29) is 4.90 Å². The number of amides is 1. The summed E-state index contributed by atoms with van der Waals surface area (Å²) in [6.07, 6.45) is 0. The van der Waals surface area contributed by atoms with Crippen LogP contribution in [0.4, 0.5) is 0 Å². The second kappa shape index (κ2) is 6.83. The van der Waals surface area contributed by atoms with Gasteiger partial charge >= 0.3 is 0 Å². The average molecular weight is 376 g/mol. The van der Waals surface area contributed by atoms with Gasteiger partial charge in [-0.15, -0.1) is 4.83 Å². The van der Waals surface area contributed by atoms with Crippen LogP contribution in [0.15, 0.2) is 89.8 Å². The van der Waals surface area contributed by atoms with E-state index in [2.05, 4.69) is 10.3 Å². The van der Waals surface area contributed by atoms with Gasteiger partial charge in [0.15, 0.2) is 0 Å². The lowest BCUT2D eigenvalue weighted by Crippen LogP contribution is -2.41. The first-order valence-corrected chi connectivity index (χ1v) is 9.81. The summed E-state index contributed by atoms with van der Waals surface area (Å²) in [5, 5.41) is 3.66. The zero-order valence-electron chi connectivity index (χ0n) is 14.2. The molecule has 134 valence electrons. The summed E-state index contributed by atoms with van der Waals surface area (Å²) in [5.41, 5.74) is 2.64.